The van der Waals surface area contributed by atoms with E-state index in [-0.39, 0.29) is 23.8 Å². The summed E-state index contributed by atoms with van der Waals surface area (Å²) >= 11 is 0. The van der Waals surface area contributed by atoms with Gasteiger partial charge in [-0.15, -0.1) is 0 Å². The minimum atomic E-state index is -0.565. The lowest BCUT2D eigenvalue weighted by Gasteiger charge is -2.10. The Morgan fingerprint density at radius 3 is 2.28 bits per heavy atom. The van der Waals surface area contributed by atoms with Crippen LogP contribution >= 0.6 is 0 Å². The van der Waals surface area contributed by atoms with Crippen molar-refractivity contribution in [1.29, 1.82) is 0 Å². The molecule has 0 heterocycles. The first kappa shape index (κ1) is 19.6. The molecule has 0 aliphatic heterocycles. The fourth-order valence-electron chi connectivity index (χ4n) is 2.50. The van der Waals surface area contributed by atoms with Gasteiger partial charge in [0.1, 0.15) is 5.75 Å². The Bertz CT molecular complexity index is 1040. The summed E-state index contributed by atoms with van der Waals surface area (Å²) in [5.74, 6) is -0.263. The number of amides is 2. The normalized spacial score (nSPS) is 10.1. The summed E-state index contributed by atoms with van der Waals surface area (Å²) in [6.07, 6.45) is 0. The van der Waals surface area contributed by atoms with Crippen molar-refractivity contribution in [3.8, 4) is 5.75 Å². The summed E-state index contributed by atoms with van der Waals surface area (Å²) in [7, 11) is 0. The van der Waals surface area contributed by atoms with Gasteiger partial charge in [0.2, 0.25) is 0 Å². The van der Waals surface area contributed by atoms with Crippen LogP contribution in [0.25, 0.3) is 0 Å². The van der Waals surface area contributed by atoms with Crippen LogP contribution in [0.15, 0.2) is 78.9 Å². The zero-order chi connectivity index (χ0) is 20.6. The Balaban J connectivity index is 1.60. The van der Waals surface area contributed by atoms with Gasteiger partial charge in [0, 0.05) is 29.1 Å². The van der Waals surface area contributed by atoms with Crippen LogP contribution in [0.5, 0.6) is 5.75 Å². The average Bonchev–Trinajstić information content (AvgIpc) is 2.73. The molecule has 0 atom stereocenters. The van der Waals surface area contributed by atoms with Crippen LogP contribution in [0.3, 0.4) is 0 Å². The lowest BCUT2D eigenvalue weighted by molar-refractivity contribution is -0.384. The van der Waals surface area contributed by atoms with E-state index in [1.807, 2.05) is 6.07 Å². The third-order valence-corrected chi connectivity index (χ3v) is 3.84. The quantitative estimate of drug-likeness (QED) is 0.469. The van der Waals surface area contributed by atoms with E-state index in [2.05, 4.69) is 10.6 Å². The largest absolute Gasteiger partial charge is 0.484 e. The summed E-state index contributed by atoms with van der Waals surface area (Å²) in [4.78, 5) is 34.7. The van der Waals surface area contributed by atoms with Crippen molar-refractivity contribution in [2.75, 3.05) is 17.2 Å². The summed E-state index contributed by atoms with van der Waals surface area (Å²) in [6.45, 7) is -0.158. The molecule has 0 saturated heterocycles. The highest BCUT2D eigenvalue weighted by molar-refractivity contribution is 6.05. The van der Waals surface area contributed by atoms with Crippen molar-refractivity contribution >= 4 is 28.9 Å². The number of hydrogen-bond acceptors (Lipinski definition) is 5. The highest BCUT2D eigenvalue weighted by atomic mass is 16.6. The van der Waals surface area contributed by atoms with Crippen LogP contribution in [-0.4, -0.2) is 23.3 Å². The van der Waals surface area contributed by atoms with Crippen LogP contribution in [0.2, 0.25) is 0 Å². The van der Waals surface area contributed by atoms with Crippen molar-refractivity contribution < 1.29 is 19.2 Å². The maximum absolute atomic E-state index is 12.3. The molecule has 3 aromatic rings. The third-order valence-electron chi connectivity index (χ3n) is 3.84. The standard InChI is InChI=1S/C21H17N3O5/c25-20(14-29-19-10-2-1-3-11-19)22-16-7-5-8-17(13-16)23-21(26)15-6-4-9-18(12-15)24(27)28/h1-13H,14H2,(H,22,25)(H,23,26). The molecule has 29 heavy (non-hydrogen) atoms. The van der Waals surface area contributed by atoms with Gasteiger partial charge in [-0.25, -0.2) is 0 Å². The molecule has 3 rings (SSSR count). The van der Waals surface area contributed by atoms with Crippen LogP contribution in [0.4, 0.5) is 17.1 Å². The van der Waals surface area contributed by atoms with Gasteiger partial charge < -0.3 is 15.4 Å². The van der Waals surface area contributed by atoms with Crippen LogP contribution < -0.4 is 15.4 Å². The Labute approximate surface area is 166 Å². The number of non-ortho nitro benzene ring substituents is 1. The highest BCUT2D eigenvalue weighted by Crippen LogP contribution is 2.18. The number of benzene rings is 3. The minimum absolute atomic E-state index is 0.157. The number of nitrogens with zero attached hydrogens (tertiary/aromatic N) is 1. The topological polar surface area (TPSA) is 111 Å². The molecule has 2 N–H and O–H groups in total. The SMILES string of the molecule is O=C(COc1ccccc1)Nc1cccc(NC(=O)c2cccc([N+](=O)[O-])c2)c1. The van der Waals surface area contributed by atoms with Crippen molar-refractivity contribution in [3.63, 3.8) is 0 Å². The van der Waals surface area contributed by atoms with Gasteiger partial charge in [0.05, 0.1) is 4.92 Å². The van der Waals surface area contributed by atoms with E-state index in [4.69, 9.17) is 4.74 Å². The Morgan fingerprint density at radius 1 is 0.862 bits per heavy atom. The smallest absolute Gasteiger partial charge is 0.270 e. The van der Waals surface area contributed by atoms with E-state index in [1.165, 1.54) is 24.3 Å². The molecule has 0 spiro atoms. The molecule has 8 nitrogen and oxygen atoms in total. The first-order valence-corrected chi connectivity index (χ1v) is 8.65. The second-order valence-electron chi connectivity index (χ2n) is 5.99. The number of nitro benzene ring substituents is 1. The molecule has 0 radical (unpaired) electrons. The number of para-hydroxylation sites is 1. The van der Waals surface area contributed by atoms with Crippen LogP contribution in [0, 0.1) is 10.1 Å². The summed E-state index contributed by atoms with van der Waals surface area (Å²) < 4.78 is 5.39. The van der Waals surface area contributed by atoms with Crippen molar-refractivity contribution in [2.45, 2.75) is 0 Å². The van der Waals surface area contributed by atoms with Crippen molar-refractivity contribution in [2.24, 2.45) is 0 Å². The number of carbonyl (C=O) groups excluding carboxylic acids is 2. The zero-order valence-corrected chi connectivity index (χ0v) is 15.2. The zero-order valence-electron chi connectivity index (χ0n) is 15.2. The number of nitrogens with one attached hydrogen (secondary N) is 2. The maximum atomic E-state index is 12.3. The second kappa shape index (κ2) is 9.14. The monoisotopic (exact) mass is 391 g/mol. The summed E-state index contributed by atoms with van der Waals surface area (Å²) in [5.41, 5.74) is 0.897. The number of nitro groups is 1. The van der Waals surface area contributed by atoms with Gasteiger partial charge in [-0.2, -0.15) is 0 Å². The molecule has 146 valence electrons. The second-order valence-corrected chi connectivity index (χ2v) is 5.99. The van der Waals surface area contributed by atoms with Gasteiger partial charge in [-0.05, 0) is 36.4 Å². The van der Waals surface area contributed by atoms with Crippen molar-refractivity contribution in [3.05, 3.63) is 94.5 Å². The Hall–Kier alpha value is -4.20. The first-order chi connectivity index (χ1) is 14.0. The summed E-state index contributed by atoms with van der Waals surface area (Å²) in [5, 5.41) is 16.2. The molecule has 3 aromatic carbocycles. The van der Waals surface area contributed by atoms with E-state index in [0.717, 1.165) is 0 Å². The molecule has 0 fully saturated rings. The van der Waals surface area contributed by atoms with Gasteiger partial charge in [0.25, 0.3) is 17.5 Å². The van der Waals surface area contributed by atoms with E-state index < -0.39 is 10.8 Å². The van der Waals surface area contributed by atoms with Gasteiger partial charge >= 0.3 is 0 Å². The number of carbonyl (C=O) groups is 2. The predicted octanol–water partition coefficient (Wildman–Crippen LogP) is 3.86. The third kappa shape index (κ3) is 5.64. The number of anilines is 2. The molecule has 0 aliphatic carbocycles. The molecule has 2 amide bonds. The highest BCUT2D eigenvalue weighted by Gasteiger charge is 2.12. The minimum Gasteiger partial charge on any atom is -0.484 e. The maximum Gasteiger partial charge on any atom is 0.270 e. The molecular formula is C21H17N3O5. The predicted molar refractivity (Wildman–Crippen MR) is 108 cm³/mol. The first-order valence-electron chi connectivity index (χ1n) is 8.65. The number of hydrogen-bond donors (Lipinski definition) is 2. The molecule has 0 aromatic heterocycles. The van der Waals surface area contributed by atoms with Gasteiger partial charge in [-0.3, -0.25) is 19.7 Å². The fraction of sp³-hybridized carbons (Fsp3) is 0.0476. The average molecular weight is 391 g/mol. The van der Waals surface area contributed by atoms with Gasteiger partial charge in [-0.1, -0.05) is 30.3 Å². The molecule has 0 aliphatic rings. The Morgan fingerprint density at radius 2 is 1.55 bits per heavy atom. The van der Waals surface area contributed by atoms with Crippen molar-refractivity contribution in [1.82, 2.24) is 0 Å². The van der Waals surface area contributed by atoms with Gasteiger partial charge in [0.15, 0.2) is 6.61 Å². The van der Waals surface area contributed by atoms with Crippen LogP contribution in [-0.2, 0) is 4.79 Å². The number of ether oxygens (including phenoxy) is 1. The van der Waals surface area contributed by atoms with E-state index in [9.17, 15) is 19.7 Å². The lowest BCUT2D eigenvalue weighted by atomic mass is 10.2. The van der Waals surface area contributed by atoms with E-state index in [0.29, 0.717) is 17.1 Å². The van der Waals surface area contributed by atoms with Crippen LogP contribution in [0.1, 0.15) is 10.4 Å². The Kier molecular flexibility index (Phi) is 6.16. The lowest BCUT2D eigenvalue weighted by Crippen LogP contribution is -2.20. The van der Waals surface area contributed by atoms with E-state index >= 15 is 0 Å². The fourth-order valence-corrected chi connectivity index (χ4v) is 2.50. The molecule has 8 heteroatoms. The number of rotatable bonds is 7. The molecule has 0 unspecified atom stereocenters. The molecule has 0 bridgehead atoms. The summed E-state index contributed by atoms with van der Waals surface area (Å²) in [6, 6.07) is 20.9. The molecule has 0 saturated carbocycles. The molecular weight excluding hydrogens is 374 g/mol. The van der Waals surface area contributed by atoms with E-state index in [1.54, 1.807) is 48.5 Å².